The Morgan fingerprint density at radius 1 is 1.41 bits per heavy atom. The van der Waals surface area contributed by atoms with Crippen molar-refractivity contribution in [1.29, 1.82) is 0 Å². The van der Waals surface area contributed by atoms with E-state index in [4.69, 9.17) is 0 Å². The highest BCUT2D eigenvalue weighted by Crippen LogP contribution is 2.21. The zero-order chi connectivity index (χ0) is 12.4. The molecule has 3 nitrogen and oxygen atoms in total. The van der Waals surface area contributed by atoms with Gasteiger partial charge in [-0.2, -0.15) is 0 Å². The Morgan fingerprint density at radius 3 is 2.59 bits per heavy atom. The molecule has 94 valence electrons. The lowest BCUT2D eigenvalue weighted by atomic mass is 10.1. The summed E-state index contributed by atoms with van der Waals surface area (Å²) in [6.07, 6.45) is 0. The van der Waals surface area contributed by atoms with Crippen LogP contribution in [0.5, 0.6) is 0 Å². The van der Waals surface area contributed by atoms with Gasteiger partial charge >= 0.3 is 0 Å². The fraction of sp³-hybridized carbons (Fsp3) is 0.583. The third kappa shape index (κ3) is 3.24. The number of hydrogen-bond donors (Lipinski definition) is 0. The number of aryl methyl sites for hydroxylation is 2. The number of nitrogens with zero attached hydrogens (tertiary/aromatic N) is 1. The number of thiophene rings is 1. The molecule has 0 bridgehead atoms. The maximum Gasteiger partial charge on any atom is 0.177 e. The summed E-state index contributed by atoms with van der Waals surface area (Å²) in [5.74, 6) is 1.60. The number of carbonyl (C=O) groups is 1. The van der Waals surface area contributed by atoms with Crippen LogP contribution in [0.2, 0.25) is 0 Å². The van der Waals surface area contributed by atoms with Crippen molar-refractivity contribution in [2.45, 2.75) is 13.8 Å². The van der Waals surface area contributed by atoms with E-state index in [0.29, 0.717) is 18.1 Å². The molecule has 1 aliphatic rings. The van der Waals surface area contributed by atoms with Crippen LogP contribution in [-0.4, -0.2) is 46.0 Å². The standard InChI is InChI=1S/C12H17NO2S2/c1-9-7-11(10(2)16-9)12(14)8-13-3-5-17(15)6-4-13/h7H,3-6,8H2,1-2H3. The van der Waals surface area contributed by atoms with Gasteiger partial charge in [-0.05, 0) is 19.9 Å². The second-order valence-corrected chi connectivity index (χ2v) is 7.53. The largest absolute Gasteiger partial charge is 0.294 e. The summed E-state index contributed by atoms with van der Waals surface area (Å²) < 4.78 is 11.2. The Hall–Kier alpha value is -0.520. The van der Waals surface area contributed by atoms with Crippen LogP contribution in [-0.2, 0) is 10.8 Å². The van der Waals surface area contributed by atoms with Crippen LogP contribution in [0.1, 0.15) is 20.1 Å². The highest BCUT2D eigenvalue weighted by molar-refractivity contribution is 7.85. The first-order valence-corrected chi connectivity index (χ1v) is 8.04. The number of hydrogen-bond acceptors (Lipinski definition) is 4. The lowest BCUT2D eigenvalue weighted by molar-refractivity contribution is 0.0936. The van der Waals surface area contributed by atoms with Crippen molar-refractivity contribution in [2.75, 3.05) is 31.1 Å². The predicted octanol–water partition coefficient (Wildman–Crippen LogP) is 1.61. The van der Waals surface area contributed by atoms with Crippen LogP contribution in [0.3, 0.4) is 0 Å². The van der Waals surface area contributed by atoms with E-state index in [2.05, 4.69) is 4.90 Å². The molecule has 0 amide bonds. The monoisotopic (exact) mass is 271 g/mol. The van der Waals surface area contributed by atoms with Gasteiger partial charge in [-0.25, -0.2) is 0 Å². The van der Waals surface area contributed by atoms with Crippen molar-refractivity contribution < 1.29 is 9.00 Å². The van der Waals surface area contributed by atoms with Gasteiger partial charge in [0.05, 0.1) is 6.54 Å². The van der Waals surface area contributed by atoms with Crippen LogP contribution < -0.4 is 0 Å². The molecule has 0 unspecified atom stereocenters. The zero-order valence-corrected chi connectivity index (χ0v) is 11.8. The number of ketones is 1. The number of Topliss-reactive ketones (excluding diaryl/α,β-unsaturated/α-hetero) is 1. The highest BCUT2D eigenvalue weighted by atomic mass is 32.2. The van der Waals surface area contributed by atoms with Crippen LogP contribution in [0.25, 0.3) is 0 Å². The van der Waals surface area contributed by atoms with E-state index in [0.717, 1.165) is 23.5 Å². The van der Waals surface area contributed by atoms with Gasteiger partial charge in [0.25, 0.3) is 0 Å². The Bertz CT molecular complexity index is 443. The van der Waals surface area contributed by atoms with E-state index in [9.17, 15) is 9.00 Å². The summed E-state index contributed by atoms with van der Waals surface area (Å²) in [6.45, 7) is 6.05. The SMILES string of the molecule is Cc1cc(C(=O)CN2CCS(=O)CC2)c(C)s1. The Labute approximate surface area is 108 Å². The van der Waals surface area contributed by atoms with Gasteiger partial charge in [0, 0.05) is 50.7 Å². The summed E-state index contributed by atoms with van der Waals surface area (Å²) in [5, 5.41) is 0. The third-order valence-electron chi connectivity index (χ3n) is 2.98. The molecule has 1 aliphatic heterocycles. The van der Waals surface area contributed by atoms with E-state index in [-0.39, 0.29) is 5.78 Å². The molecule has 17 heavy (non-hydrogen) atoms. The first-order chi connectivity index (χ1) is 8.06. The molecule has 2 heterocycles. The molecular formula is C12H17NO2S2. The van der Waals surface area contributed by atoms with Crippen molar-refractivity contribution in [1.82, 2.24) is 4.90 Å². The lowest BCUT2D eigenvalue weighted by Crippen LogP contribution is -2.40. The summed E-state index contributed by atoms with van der Waals surface area (Å²) in [6, 6.07) is 1.98. The van der Waals surface area contributed by atoms with E-state index in [1.807, 2.05) is 19.9 Å². The van der Waals surface area contributed by atoms with Crippen molar-refractivity contribution in [3.8, 4) is 0 Å². The maximum absolute atomic E-state index is 12.1. The molecule has 2 rings (SSSR count). The van der Waals surface area contributed by atoms with Gasteiger partial charge in [-0.3, -0.25) is 13.9 Å². The Kier molecular flexibility index (Phi) is 4.12. The molecule has 0 N–H and O–H groups in total. The molecule has 0 aliphatic carbocycles. The average Bonchev–Trinajstić information content (AvgIpc) is 2.61. The van der Waals surface area contributed by atoms with Gasteiger partial charge in [-0.1, -0.05) is 0 Å². The van der Waals surface area contributed by atoms with E-state index in [1.165, 1.54) is 4.88 Å². The molecule has 0 saturated carbocycles. The molecule has 0 spiro atoms. The number of carbonyl (C=O) groups excluding carboxylic acids is 1. The molecule has 0 atom stereocenters. The smallest absolute Gasteiger partial charge is 0.177 e. The predicted molar refractivity (Wildman–Crippen MR) is 72.4 cm³/mol. The average molecular weight is 271 g/mol. The van der Waals surface area contributed by atoms with Crippen LogP contribution in [0, 0.1) is 13.8 Å². The second kappa shape index (κ2) is 5.42. The topological polar surface area (TPSA) is 37.4 Å². The van der Waals surface area contributed by atoms with Crippen molar-refractivity contribution in [3.63, 3.8) is 0 Å². The fourth-order valence-electron chi connectivity index (χ4n) is 2.03. The molecule has 1 aromatic rings. The van der Waals surface area contributed by atoms with Gasteiger partial charge in [0.15, 0.2) is 5.78 Å². The molecule has 1 aromatic heterocycles. The minimum absolute atomic E-state index is 0.194. The molecule has 5 heteroatoms. The van der Waals surface area contributed by atoms with E-state index < -0.39 is 10.8 Å². The molecule has 0 aromatic carbocycles. The highest BCUT2D eigenvalue weighted by Gasteiger charge is 2.19. The molecule has 0 radical (unpaired) electrons. The van der Waals surface area contributed by atoms with Crippen LogP contribution in [0.4, 0.5) is 0 Å². The van der Waals surface area contributed by atoms with Gasteiger partial charge < -0.3 is 0 Å². The summed E-state index contributed by atoms with van der Waals surface area (Å²) >= 11 is 1.67. The van der Waals surface area contributed by atoms with Gasteiger partial charge in [-0.15, -0.1) is 11.3 Å². The first-order valence-electron chi connectivity index (χ1n) is 5.74. The summed E-state index contributed by atoms with van der Waals surface area (Å²) in [7, 11) is -0.671. The molecule has 1 fully saturated rings. The fourth-order valence-corrected chi connectivity index (χ4v) is 4.10. The lowest BCUT2D eigenvalue weighted by Gasteiger charge is -2.25. The second-order valence-electron chi connectivity index (χ2n) is 4.37. The van der Waals surface area contributed by atoms with Crippen molar-refractivity contribution >= 4 is 27.9 Å². The summed E-state index contributed by atoms with van der Waals surface area (Å²) in [4.78, 5) is 16.5. The Morgan fingerprint density at radius 2 is 2.06 bits per heavy atom. The minimum Gasteiger partial charge on any atom is -0.294 e. The van der Waals surface area contributed by atoms with Gasteiger partial charge in [0.2, 0.25) is 0 Å². The van der Waals surface area contributed by atoms with Crippen LogP contribution >= 0.6 is 11.3 Å². The zero-order valence-electron chi connectivity index (χ0n) is 10.2. The van der Waals surface area contributed by atoms with E-state index in [1.54, 1.807) is 11.3 Å². The first kappa shape index (κ1) is 12.9. The number of rotatable bonds is 3. The van der Waals surface area contributed by atoms with Crippen LogP contribution in [0.15, 0.2) is 6.07 Å². The van der Waals surface area contributed by atoms with Gasteiger partial charge in [0.1, 0.15) is 0 Å². The maximum atomic E-state index is 12.1. The summed E-state index contributed by atoms with van der Waals surface area (Å²) in [5.41, 5.74) is 0.860. The van der Waals surface area contributed by atoms with E-state index >= 15 is 0 Å². The molecule has 1 saturated heterocycles. The van der Waals surface area contributed by atoms with Crippen molar-refractivity contribution in [3.05, 3.63) is 21.4 Å². The minimum atomic E-state index is -0.671. The Balaban J connectivity index is 1.97. The quantitative estimate of drug-likeness (QED) is 0.784. The molecular weight excluding hydrogens is 254 g/mol. The van der Waals surface area contributed by atoms with Crippen molar-refractivity contribution in [2.24, 2.45) is 0 Å². The normalized spacial score (nSPS) is 18.5. The third-order valence-corrected chi connectivity index (χ3v) is 5.22.